The first kappa shape index (κ1) is 23.9. The molecule has 0 aliphatic carbocycles. The zero-order valence-corrected chi connectivity index (χ0v) is 22.3. The van der Waals surface area contributed by atoms with Gasteiger partial charge in [0.1, 0.15) is 0 Å². The minimum Gasteiger partial charge on any atom is -0.0620 e. The first-order valence-corrected chi connectivity index (χ1v) is 13.4. The molecular formula is C38H32. The van der Waals surface area contributed by atoms with Crippen molar-refractivity contribution in [1.82, 2.24) is 0 Å². The highest BCUT2D eigenvalue weighted by Gasteiger charge is 2.26. The van der Waals surface area contributed by atoms with Crippen LogP contribution in [0, 0.1) is 20.8 Å². The Labute approximate surface area is 226 Å². The van der Waals surface area contributed by atoms with Crippen molar-refractivity contribution in [2.24, 2.45) is 0 Å². The molecule has 0 saturated carbocycles. The zero-order chi connectivity index (χ0) is 26.1. The quantitative estimate of drug-likeness (QED) is 0.212. The van der Waals surface area contributed by atoms with E-state index >= 15 is 0 Å². The van der Waals surface area contributed by atoms with Gasteiger partial charge in [-0.15, -0.1) is 0 Å². The third-order valence-electron chi connectivity index (χ3n) is 7.87. The van der Waals surface area contributed by atoms with E-state index in [0.29, 0.717) is 0 Å². The Morgan fingerprint density at radius 1 is 0.342 bits per heavy atom. The van der Waals surface area contributed by atoms with E-state index in [1.54, 1.807) is 0 Å². The molecule has 0 unspecified atom stereocenters. The first-order valence-electron chi connectivity index (χ1n) is 13.4. The molecule has 184 valence electrons. The predicted octanol–water partition coefficient (Wildman–Crippen LogP) is 10.3. The molecule has 0 N–H and O–H groups in total. The lowest BCUT2D eigenvalue weighted by Gasteiger charge is -2.27. The van der Waals surface area contributed by atoms with Crippen molar-refractivity contribution in [3.63, 3.8) is 0 Å². The molecule has 0 atom stereocenters. The van der Waals surface area contributed by atoms with Gasteiger partial charge in [0.2, 0.25) is 0 Å². The van der Waals surface area contributed by atoms with Crippen molar-refractivity contribution < 1.29 is 0 Å². The van der Waals surface area contributed by atoms with Crippen molar-refractivity contribution in [3.8, 4) is 22.3 Å². The Bertz CT molecular complexity index is 1660. The SMILES string of the molecule is Cc1ccccc1-c1ccccc1C(c1ccccc1-c1ccccc1C)c1cccc2cccc(C)c12. The molecule has 0 nitrogen and oxygen atoms in total. The van der Waals surface area contributed by atoms with E-state index in [1.165, 1.54) is 66.4 Å². The van der Waals surface area contributed by atoms with Gasteiger partial charge in [0, 0.05) is 5.92 Å². The van der Waals surface area contributed by atoms with Crippen LogP contribution in [0.5, 0.6) is 0 Å². The lowest BCUT2D eigenvalue weighted by atomic mass is 9.76. The van der Waals surface area contributed by atoms with Crippen LogP contribution in [0.3, 0.4) is 0 Å². The van der Waals surface area contributed by atoms with E-state index in [2.05, 4.69) is 154 Å². The van der Waals surface area contributed by atoms with E-state index in [0.717, 1.165) is 0 Å². The Morgan fingerprint density at radius 3 is 1.26 bits per heavy atom. The van der Waals surface area contributed by atoms with E-state index < -0.39 is 0 Å². The maximum atomic E-state index is 2.34. The van der Waals surface area contributed by atoms with Gasteiger partial charge in [0.25, 0.3) is 0 Å². The summed E-state index contributed by atoms with van der Waals surface area (Å²) in [6.45, 7) is 6.66. The summed E-state index contributed by atoms with van der Waals surface area (Å²) >= 11 is 0. The van der Waals surface area contributed by atoms with Gasteiger partial charge in [0.05, 0.1) is 0 Å². The fourth-order valence-corrected chi connectivity index (χ4v) is 6.04. The highest BCUT2D eigenvalue weighted by atomic mass is 14.3. The van der Waals surface area contributed by atoms with Gasteiger partial charge in [-0.3, -0.25) is 0 Å². The van der Waals surface area contributed by atoms with Crippen molar-refractivity contribution in [3.05, 3.63) is 167 Å². The topological polar surface area (TPSA) is 0 Å². The minimum absolute atomic E-state index is 0.0615. The molecule has 0 heterocycles. The summed E-state index contributed by atoms with van der Waals surface area (Å²) in [6.07, 6.45) is 0. The zero-order valence-electron chi connectivity index (χ0n) is 22.3. The third-order valence-corrected chi connectivity index (χ3v) is 7.87. The van der Waals surface area contributed by atoms with Gasteiger partial charge < -0.3 is 0 Å². The van der Waals surface area contributed by atoms with Crippen molar-refractivity contribution in [2.45, 2.75) is 26.7 Å². The second kappa shape index (κ2) is 10.1. The molecule has 0 aliphatic rings. The lowest BCUT2D eigenvalue weighted by Crippen LogP contribution is -2.09. The normalized spacial score (nSPS) is 11.3. The van der Waals surface area contributed by atoms with E-state index in [1.807, 2.05) is 0 Å². The van der Waals surface area contributed by atoms with E-state index in [4.69, 9.17) is 0 Å². The average molecular weight is 489 g/mol. The van der Waals surface area contributed by atoms with E-state index in [9.17, 15) is 0 Å². The molecule has 0 heteroatoms. The molecule has 0 saturated heterocycles. The number of fused-ring (bicyclic) bond motifs is 1. The number of rotatable bonds is 5. The van der Waals surface area contributed by atoms with Gasteiger partial charge in [-0.2, -0.15) is 0 Å². The highest BCUT2D eigenvalue weighted by molar-refractivity contribution is 5.91. The molecule has 0 radical (unpaired) electrons. The molecule has 38 heavy (non-hydrogen) atoms. The van der Waals surface area contributed by atoms with Crippen LogP contribution in [-0.2, 0) is 0 Å². The van der Waals surface area contributed by atoms with Crippen LogP contribution in [0.25, 0.3) is 33.0 Å². The van der Waals surface area contributed by atoms with Crippen molar-refractivity contribution >= 4 is 10.8 Å². The highest BCUT2D eigenvalue weighted by Crippen LogP contribution is 2.45. The van der Waals surface area contributed by atoms with E-state index in [-0.39, 0.29) is 5.92 Å². The standard InChI is InChI=1S/C38H32/c1-26-14-4-6-19-30(26)32-21-8-10-23-34(32)38(36-25-13-18-29-17-12-16-28(3)37(29)36)35-24-11-9-22-33(35)31-20-7-5-15-27(31)2/h4-25,38H,1-3H3. The molecule has 0 aliphatic heterocycles. The third kappa shape index (κ3) is 4.23. The second-order valence-corrected chi connectivity index (χ2v) is 10.3. The Kier molecular flexibility index (Phi) is 6.40. The molecule has 0 spiro atoms. The van der Waals surface area contributed by atoms with Crippen LogP contribution < -0.4 is 0 Å². The largest absolute Gasteiger partial charge is 0.0620 e. The second-order valence-electron chi connectivity index (χ2n) is 10.3. The van der Waals surface area contributed by atoms with Gasteiger partial charge in [0.15, 0.2) is 0 Å². The smallest absolute Gasteiger partial charge is 0.0358 e. The monoisotopic (exact) mass is 488 g/mol. The molecule has 6 rings (SSSR count). The molecule has 6 aromatic carbocycles. The summed E-state index contributed by atoms with van der Waals surface area (Å²) < 4.78 is 0. The summed E-state index contributed by atoms with van der Waals surface area (Å²) in [7, 11) is 0. The fourth-order valence-electron chi connectivity index (χ4n) is 6.04. The number of hydrogen-bond acceptors (Lipinski definition) is 0. The first-order chi connectivity index (χ1) is 18.6. The van der Waals surface area contributed by atoms with Gasteiger partial charge in [-0.05, 0) is 87.2 Å². The summed E-state index contributed by atoms with van der Waals surface area (Å²) in [5, 5.41) is 2.63. The summed E-state index contributed by atoms with van der Waals surface area (Å²) in [5.74, 6) is 0.0615. The van der Waals surface area contributed by atoms with Gasteiger partial charge >= 0.3 is 0 Å². The summed E-state index contributed by atoms with van der Waals surface area (Å²) in [4.78, 5) is 0. The van der Waals surface area contributed by atoms with Crippen LogP contribution in [0.4, 0.5) is 0 Å². The lowest BCUT2D eigenvalue weighted by molar-refractivity contribution is 0.991. The molecule has 0 bridgehead atoms. The van der Waals surface area contributed by atoms with Crippen molar-refractivity contribution in [2.75, 3.05) is 0 Å². The number of aryl methyl sites for hydroxylation is 3. The Hall–Kier alpha value is -4.42. The Balaban J connectivity index is 1.72. The van der Waals surface area contributed by atoms with Gasteiger partial charge in [-0.1, -0.05) is 133 Å². The van der Waals surface area contributed by atoms with Crippen molar-refractivity contribution in [1.29, 1.82) is 0 Å². The molecule has 0 fully saturated rings. The summed E-state index contributed by atoms with van der Waals surface area (Å²) in [6, 6.07) is 48.9. The predicted molar refractivity (Wildman–Crippen MR) is 163 cm³/mol. The van der Waals surface area contributed by atoms with Crippen LogP contribution in [-0.4, -0.2) is 0 Å². The Morgan fingerprint density at radius 2 is 0.737 bits per heavy atom. The molecule has 0 amide bonds. The van der Waals surface area contributed by atoms with Gasteiger partial charge in [-0.25, -0.2) is 0 Å². The van der Waals surface area contributed by atoms with Crippen LogP contribution >= 0.6 is 0 Å². The summed E-state index contributed by atoms with van der Waals surface area (Å²) in [5.41, 5.74) is 13.1. The maximum Gasteiger partial charge on any atom is 0.0358 e. The molecule has 0 aromatic heterocycles. The minimum atomic E-state index is 0.0615. The van der Waals surface area contributed by atoms with Crippen LogP contribution in [0.1, 0.15) is 39.3 Å². The molecule has 6 aromatic rings. The number of benzene rings is 6. The number of hydrogen-bond donors (Lipinski definition) is 0. The van der Waals surface area contributed by atoms with Crippen LogP contribution in [0.2, 0.25) is 0 Å². The molecular weight excluding hydrogens is 456 g/mol. The van der Waals surface area contributed by atoms with Crippen LogP contribution in [0.15, 0.2) is 133 Å². The average Bonchev–Trinajstić information content (AvgIpc) is 2.95. The fraction of sp³-hybridized carbons (Fsp3) is 0.105. The maximum absolute atomic E-state index is 2.34.